The first kappa shape index (κ1) is 6.09. The minimum atomic E-state index is 0.770. The van der Waals surface area contributed by atoms with Crippen molar-refractivity contribution in [2.75, 3.05) is 6.54 Å². The van der Waals surface area contributed by atoms with Gasteiger partial charge in [-0.1, -0.05) is 6.92 Å². The smallest absolute Gasteiger partial charge is 0.00389 e. The Bertz CT molecular complexity index is 52.8. The van der Waals surface area contributed by atoms with Crippen LogP contribution in [0.3, 0.4) is 0 Å². The van der Waals surface area contributed by atoms with E-state index in [-0.39, 0.29) is 0 Å². The molecule has 2 atom stereocenters. The number of hydrogen-bond acceptors (Lipinski definition) is 1. The molecular formula is C7H15N. The molecule has 0 bridgehead atoms. The molecule has 0 aromatic heterocycles. The van der Waals surface area contributed by atoms with E-state index in [9.17, 15) is 0 Å². The highest BCUT2D eigenvalue weighted by atomic mass is 14.9. The second kappa shape index (κ2) is 2.49. The van der Waals surface area contributed by atoms with Gasteiger partial charge in [0.2, 0.25) is 0 Å². The monoisotopic (exact) mass is 113 g/mol. The Hall–Kier alpha value is -0.0400. The summed E-state index contributed by atoms with van der Waals surface area (Å²) in [6.07, 6.45) is 2.77. The van der Waals surface area contributed by atoms with Gasteiger partial charge in [0.25, 0.3) is 0 Å². The number of piperidine rings is 1. The van der Waals surface area contributed by atoms with Gasteiger partial charge in [0.15, 0.2) is 0 Å². The van der Waals surface area contributed by atoms with Crippen LogP contribution >= 0.6 is 0 Å². The van der Waals surface area contributed by atoms with E-state index >= 15 is 0 Å². The third-order valence-electron chi connectivity index (χ3n) is 1.91. The zero-order valence-electron chi connectivity index (χ0n) is 5.78. The average molecular weight is 113 g/mol. The summed E-state index contributed by atoms with van der Waals surface area (Å²) in [5, 5.41) is 3.43. The minimum Gasteiger partial charge on any atom is -0.314 e. The molecule has 1 nitrogen and oxygen atoms in total. The normalized spacial score (nSPS) is 39.8. The fourth-order valence-corrected chi connectivity index (χ4v) is 1.14. The summed E-state index contributed by atoms with van der Waals surface area (Å²) in [5.41, 5.74) is 0. The molecule has 1 aliphatic heterocycles. The van der Waals surface area contributed by atoms with Crippen LogP contribution in [0, 0.1) is 5.92 Å². The average Bonchev–Trinajstić information content (AvgIpc) is 1.77. The molecule has 0 radical (unpaired) electrons. The third kappa shape index (κ3) is 1.48. The first-order chi connectivity index (χ1) is 3.79. The van der Waals surface area contributed by atoms with Gasteiger partial charge in [-0.2, -0.15) is 0 Å². The standard InChI is InChI=1S/C7H15N/c1-6-3-4-7(2)8-5-6/h6-8H,3-5H2,1-2H3/t6-,7?/m1/s1. The lowest BCUT2D eigenvalue weighted by molar-refractivity contribution is 0.343. The second-order valence-corrected chi connectivity index (χ2v) is 2.99. The van der Waals surface area contributed by atoms with Gasteiger partial charge in [-0.05, 0) is 32.2 Å². The summed E-state index contributed by atoms with van der Waals surface area (Å²) in [6, 6.07) is 0.770. The molecule has 1 heterocycles. The van der Waals surface area contributed by atoms with Gasteiger partial charge in [-0.15, -0.1) is 0 Å². The zero-order chi connectivity index (χ0) is 5.98. The molecule has 1 fully saturated rings. The summed E-state index contributed by atoms with van der Waals surface area (Å²) < 4.78 is 0. The van der Waals surface area contributed by atoms with Crippen molar-refractivity contribution in [1.82, 2.24) is 5.32 Å². The summed E-state index contributed by atoms with van der Waals surface area (Å²) in [6.45, 7) is 5.78. The minimum absolute atomic E-state index is 0.770. The Kier molecular flexibility index (Phi) is 1.90. The van der Waals surface area contributed by atoms with Crippen LogP contribution in [-0.2, 0) is 0 Å². The second-order valence-electron chi connectivity index (χ2n) is 2.99. The van der Waals surface area contributed by atoms with Crippen molar-refractivity contribution < 1.29 is 0 Å². The van der Waals surface area contributed by atoms with E-state index in [0.717, 1.165) is 12.0 Å². The Balaban J connectivity index is 2.19. The largest absolute Gasteiger partial charge is 0.314 e. The molecule has 1 unspecified atom stereocenters. The lowest BCUT2D eigenvalue weighted by atomic mass is 9.98. The van der Waals surface area contributed by atoms with Crippen molar-refractivity contribution in [2.24, 2.45) is 5.92 Å². The van der Waals surface area contributed by atoms with Crippen molar-refractivity contribution in [3.63, 3.8) is 0 Å². The maximum atomic E-state index is 3.43. The highest BCUT2D eigenvalue weighted by Gasteiger charge is 2.11. The van der Waals surface area contributed by atoms with Gasteiger partial charge in [-0.3, -0.25) is 0 Å². The molecule has 0 aromatic rings. The maximum absolute atomic E-state index is 3.43. The number of rotatable bonds is 0. The van der Waals surface area contributed by atoms with E-state index in [1.54, 1.807) is 0 Å². The lowest BCUT2D eigenvalue weighted by Crippen LogP contribution is -2.35. The number of nitrogens with one attached hydrogen (secondary N) is 1. The van der Waals surface area contributed by atoms with Crippen LogP contribution in [0.15, 0.2) is 0 Å². The lowest BCUT2D eigenvalue weighted by Gasteiger charge is -2.24. The fourth-order valence-electron chi connectivity index (χ4n) is 1.14. The summed E-state index contributed by atoms with van der Waals surface area (Å²) in [5.74, 6) is 0.909. The molecule has 1 saturated heterocycles. The molecular weight excluding hydrogens is 98.1 g/mol. The fraction of sp³-hybridized carbons (Fsp3) is 1.00. The zero-order valence-corrected chi connectivity index (χ0v) is 5.78. The van der Waals surface area contributed by atoms with Gasteiger partial charge >= 0.3 is 0 Å². The first-order valence-electron chi connectivity index (χ1n) is 3.52. The quantitative estimate of drug-likeness (QED) is 0.500. The van der Waals surface area contributed by atoms with E-state index in [0.29, 0.717) is 0 Å². The Labute approximate surface area is 51.5 Å². The molecule has 1 rings (SSSR count). The van der Waals surface area contributed by atoms with Crippen molar-refractivity contribution >= 4 is 0 Å². The van der Waals surface area contributed by atoms with Crippen LogP contribution in [0.1, 0.15) is 26.7 Å². The summed E-state index contributed by atoms with van der Waals surface area (Å²) >= 11 is 0. The summed E-state index contributed by atoms with van der Waals surface area (Å²) in [7, 11) is 0. The maximum Gasteiger partial charge on any atom is 0.00389 e. The Morgan fingerprint density at radius 2 is 2.00 bits per heavy atom. The molecule has 1 aliphatic rings. The van der Waals surface area contributed by atoms with Crippen molar-refractivity contribution in [1.29, 1.82) is 0 Å². The van der Waals surface area contributed by atoms with Gasteiger partial charge in [0.1, 0.15) is 0 Å². The van der Waals surface area contributed by atoms with Crippen molar-refractivity contribution in [3.8, 4) is 0 Å². The van der Waals surface area contributed by atoms with Crippen LogP contribution in [0.25, 0.3) is 0 Å². The third-order valence-corrected chi connectivity index (χ3v) is 1.91. The predicted molar refractivity (Wildman–Crippen MR) is 35.9 cm³/mol. The van der Waals surface area contributed by atoms with Crippen LogP contribution in [0.4, 0.5) is 0 Å². The van der Waals surface area contributed by atoms with Gasteiger partial charge < -0.3 is 5.32 Å². The van der Waals surface area contributed by atoms with Crippen LogP contribution in [0.5, 0.6) is 0 Å². The highest BCUT2D eigenvalue weighted by molar-refractivity contribution is 4.71. The van der Waals surface area contributed by atoms with E-state index in [2.05, 4.69) is 19.2 Å². The van der Waals surface area contributed by atoms with Crippen molar-refractivity contribution in [3.05, 3.63) is 0 Å². The highest BCUT2D eigenvalue weighted by Crippen LogP contribution is 2.11. The molecule has 0 saturated carbocycles. The molecule has 0 aromatic carbocycles. The molecule has 0 aliphatic carbocycles. The van der Waals surface area contributed by atoms with E-state index in [4.69, 9.17) is 0 Å². The van der Waals surface area contributed by atoms with Crippen LogP contribution in [-0.4, -0.2) is 12.6 Å². The Morgan fingerprint density at radius 3 is 2.38 bits per heavy atom. The molecule has 0 amide bonds. The van der Waals surface area contributed by atoms with Crippen LogP contribution in [0.2, 0.25) is 0 Å². The van der Waals surface area contributed by atoms with Gasteiger partial charge in [0, 0.05) is 6.04 Å². The van der Waals surface area contributed by atoms with Crippen molar-refractivity contribution in [2.45, 2.75) is 32.7 Å². The molecule has 0 spiro atoms. The Morgan fingerprint density at radius 1 is 1.25 bits per heavy atom. The molecule has 1 N–H and O–H groups in total. The van der Waals surface area contributed by atoms with E-state index in [1.807, 2.05) is 0 Å². The number of hydrogen-bond donors (Lipinski definition) is 1. The predicted octanol–water partition coefficient (Wildman–Crippen LogP) is 1.39. The van der Waals surface area contributed by atoms with Gasteiger partial charge in [0.05, 0.1) is 0 Å². The molecule has 8 heavy (non-hydrogen) atoms. The summed E-state index contributed by atoms with van der Waals surface area (Å²) in [4.78, 5) is 0. The van der Waals surface area contributed by atoms with Crippen LogP contribution < -0.4 is 5.32 Å². The first-order valence-corrected chi connectivity index (χ1v) is 3.52. The van der Waals surface area contributed by atoms with E-state index < -0.39 is 0 Å². The van der Waals surface area contributed by atoms with E-state index in [1.165, 1.54) is 19.4 Å². The topological polar surface area (TPSA) is 12.0 Å². The SMILES string of the molecule is CC1CC[C@@H](C)CN1. The molecule has 1 heteroatoms. The van der Waals surface area contributed by atoms with Gasteiger partial charge in [-0.25, -0.2) is 0 Å². The molecule has 48 valence electrons.